The van der Waals surface area contributed by atoms with Crippen molar-refractivity contribution in [2.75, 3.05) is 6.54 Å². The molecule has 1 N–H and O–H groups in total. The molecule has 0 aliphatic heterocycles. The minimum absolute atomic E-state index is 0.0441. The fraction of sp³-hybridized carbons (Fsp3) is 0.500. The van der Waals surface area contributed by atoms with Crippen molar-refractivity contribution >= 4 is 0 Å². The van der Waals surface area contributed by atoms with Crippen LogP contribution in [0.4, 0.5) is 13.2 Å². The third kappa shape index (κ3) is 3.63. The summed E-state index contributed by atoms with van der Waals surface area (Å²) in [6, 6.07) is 5.56. The highest BCUT2D eigenvalue weighted by Gasteiger charge is 2.30. The third-order valence-electron chi connectivity index (χ3n) is 3.68. The molecule has 2 rings (SSSR count). The van der Waals surface area contributed by atoms with Gasteiger partial charge < -0.3 is 5.32 Å². The molecule has 1 nitrogen and oxygen atoms in total. The Balaban J connectivity index is 2.23. The van der Waals surface area contributed by atoms with Crippen LogP contribution in [-0.2, 0) is 6.18 Å². The van der Waals surface area contributed by atoms with E-state index in [0.717, 1.165) is 31.4 Å². The van der Waals surface area contributed by atoms with Crippen LogP contribution in [0.25, 0.3) is 0 Å². The van der Waals surface area contributed by atoms with Gasteiger partial charge in [-0.15, -0.1) is 0 Å². The molecule has 4 heteroatoms. The number of halogens is 3. The molecule has 0 fully saturated rings. The van der Waals surface area contributed by atoms with E-state index in [1.807, 2.05) is 6.92 Å². The standard InChI is InChI=1S/C16H20F3N/c1-2-20-15(12-6-4-3-5-7-12)13-8-10-14(11-9-13)16(17,18)19/h6,8-11,15,20H,2-5,7H2,1H3. The van der Waals surface area contributed by atoms with Gasteiger partial charge in [-0.1, -0.05) is 30.7 Å². The van der Waals surface area contributed by atoms with E-state index in [0.29, 0.717) is 0 Å². The molecule has 1 aromatic carbocycles. The highest BCUT2D eigenvalue weighted by atomic mass is 19.4. The molecular weight excluding hydrogens is 263 g/mol. The number of nitrogens with one attached hydrogen (secondary N) is 1. The van der Waals surface area contributed by atoms with Crippen LogP contribution in [-0.4, -0.2) is 6.54 Å². The molecule has 0 radical (unpaired) electrons. The van der Waals surface area contributed by atoms with Gasteiger partial charge in [0.1, 0.15) is 0 Å². The average molecular weight is 283 g/mol. The van der Waals surface area contributed by atoms with E-state index in [-0.39, 0.29) is 6.04 Å². The van der Waals surface area contributed by atoms with E-state index >= 15 is 0 Å². The average Bonchev–Trinajstić information content (AvgIpc) is 2.45. The van der Waals surface area contributed by atoms with Crippen molar-refractivity contribution in [3.05, 3.63) is 47.0 Å². The Bertz CT molecular complexity index is 460. The Morgan fingerprint density at radius 1 is 1.15 bits per heavy atom. The zero-order valence-corrected chi connectivity index (χ0v) is 11.6. The maximum Gasteiger partial charge on any atom is 0.416 e. The predicted octanol–water partition coefficient (Wildman–Crippen LogP) is 4.86. The lowest BCUT2D eigenvalue weighted by atomic mass is 9.89. The van der Waals surface area contributed by atoms with Crippen LogP contribution < -0.4 is 5.32 Å². The van der Waals surface area contributed by atoms with Crippen LogP contribution in [0.3, 0.4) is 0 Å². The second kappa shape index (κ2) is 6.44. The number of allylic oxidation sites excluding steroid dienone is 1. The van der Waals surface area contributed by atoms with Crippen LogP contribution >= 0.6 is 0 Å². The molecule has 0 aromatic heterocycles. The second-order valence-electron chi connectivity index (χ2n) is 5.14. The highest BCUT2D eigenvalue weighted by Crippen LogP contribution is 2.33. The maximum atomic E-state index is 12.6. The summed E-state index contributed by atoms with van der Waals surface area (Å²) in [7, 11) is 0. The number of hydrogen-bond acceptors (Lipinski definition) is 1. The normalized spacial score (nSPS) is 17.7. The number of alkyl halides is 3. The Morgan fingerprint density at radius 2 is 1.85 bits per heavy atom. The van der Waals surface area contributed by atoms with Gasteiger partial charge in [-0.25, -0.2) is 0 Å². The Labute approximate surface area is 117 Å². The minimum Gasteiger partial charge on any atom is -0.307 e. The van der Waals surface area contributed by atoms with E-state index in [1.165, 1.54) is 24.1 Å². The molecular formula is C16H20F3N. The fourth-order valence-electron chi connectivity index (χ4n) is 2.66. The molecule has 1 aliphatic rings. The summed E-state index contributed by atoms with van der Waals surface area (Å²) in [6.45, 7) is 2.81. The smallest absolute Gasteiger partial charge is 0.307 e. The first-order valence-corrected chi connectivity index (χ1v) is 7.12. The van der Waals surface area contributed by atoms with Crippen LogP contribution in [0.2, 0.25) is 0 Å². The summed E-state index contributed by atoms with van der Waals surface area (Å²) in [5, 5.41) is 3.38. The lowest BCUT2D eigenvalue weighted by Crippen LogP contribution is -2.23. The molecule has 0 saturated carbocycles. The molecule has 1 aliphatic carbocycles. The second-order valence-corrected chi connectivity index (χ2v) is 5.14. The number of likely N-dealkylation sites (N-methyl/N-ethyl adjacent to an activating group) is 1. The number of rotatable bonds is 4. The maximum absolute atomic E-state index is 12.6. The van der Waals surface area contributed by atoms with E-state index in [4.69, 9.17) is 0 Å². The van der Waals surface area contributed by atoms with Crippen molar-refractivity contribution < 1.29 is 13.2 Å². The molecule has 1 atom stereocenters. The van der Waals surface area contributed by atoms with Crippen LogP contribution in [0.1, 0.15) is 49.8 Å². The Hall–Kier alpha value is -1.29. The van der Waals surface area contributed by atoms with Crippen LogP contribution in [0, 0.1) is 0 Å². The zero-order valence-electron chi connectivity index (χ0n) is 11.6. The minimum atomic E-state index is -4.27. The molecule has 20 heavy (non-hydrogen) atoms. The van der Waals surface area contributed by atoms with E-state index in [1.54, 1.807) is 12.1 Å². The molecule has 110 valence electrons. The van der Waals surface area contributed by atoms with Crippen molar-refractivity contribution in [3.8, 4) is 0 Å². The van der Waals surface area contributed by atoms with Crippen molar-refractivity contribution in [2.24, 2.45) is 0 Å². The van der Waals surface area contributed by atoms with E-state index in [2.05, 4.69) is 11.4 Å². The highest BCUT2D eigenvalue weighted by molar-refractivity contribution is 5.32. The van der Waals surface area contributed by atoms with Gasteiger partial charge in [0.25, 0.3) is 0 Å². The van der Waals surface area contributed by atoms with E-state index in [9.17, 15) is 13.2 Å². The van der Waals surface area contributed by atoms with Gasteiger partial charge in [-0.2, -0.15) is 13.2 Å². The molecule has 0 saturated heterocycles. The quantitative estimate of drug-likeness (QED) is 0.778. The topological polar surface area (TPSA) is 12.0 Å². The van der Waals surface area contributed by atoms with Gasteiger partial charge in [0, 0.05) is 0 Å². The fourth-order valence-corrected chi connectivity index (χ4v) is 2.66. The first kappa shape index (κ1) is 15.1. The number of benzene rings is 1. The molecule has 1 aromatic rings. The lowest BCUT2D eigenvalue weighted by Gasteiger charge is -2.25. The predicted molar refractivity (Wildman–Crippen MR) is 74.4 cm³/mol. The van der Waals surface area contributed by atoms with Gasteiger partial charge in [0.2, 0.25) is 0 Å². The monoisotopic (exact) mass is 283 g/mol. The van der Waals surface area contributed by atoms with Crippen molar-refractivity contribution in [3.63, 3.8) is 0 Å². The van der Waals surface area contributed by atoms with E-state index < -0.39 is 11.7 Å². The largest absolute Gasteiger partial charge is 0.416 e. The molecule has 0 bridgehead atoms. The van der Waals surface area contributed by atoms with Gasteiger partial charge in [-0.3, -0.25) is 0 Å². The van der Waals surface area contributed by atoms with Gasteiger partial charge in [0.15, 0.2) is 0 Å². The van der Waals surface area contributed by atoms with Crippen LogP contribution in [0.15, 0.2) is 35.9 Å². The summed E-state index contributed by atoms with van der Waals surface area (Å²) in [6.07, 6.45) is 2.42. The van der Waals surface area contributed by atoms with Crippen molar-refractivity contribution in [2.45, 2.75) is 44.8 Å². The lowest BCUT2D eigenvalue weighted by molar-refractivity contribution is -0.137. The molecule has 0 amide bonds. The molecule has 1 unspecified atom stereocenters. The third-order valence-corrected chi connectivity index (χ3v) is 3.68. The van der Waals surface area contributed by atoms with Crippen LogP contribution in [0.5, 0.6) is 0 Å². The summed E-state index contributed by atoms with van der Waals surface area (Å²) >= 11 is 0. The van der Waals surface area contributed by atoms with Gasteiger partial charge in [0.05, 0.1) is 11.6 Å². The summed E-state index contributed by atoms with van der Waals surface area (Å²) in [5.41, 5.74) is 1.62. The summed E-state index contributed by atoms with van der Waals surface area (Å²) in [5.74, 6) is 0. The Kier molecular flexibility index (Phi) is 4.86. The number of hydrogen-bond donors (Lipinski definition) is 1. The van der Waals surface area contributed by atoms with Crippen molar-refractivity contribution in [1.29, 1.82) is 0 Å². The zero-order chi connectivity index (χ0) is 14.6. The first-order chi connectivity index (χ1) is 9.52. The van der Waals surface area contributed by atoms with Gasteiger partial charge >= 0.3 is 6.18 Å². The summed E-state index contributed by atoms with van der Waals surface area (Å²) < 4.78 is 37.8. The molecule has 0 spiro atoms. The van der Waals surface area contributed by atoms with Crippen molar-refractivity contribution in [1.82, 2.24) is 5.32 Å². The first-order valence-electron chi connectivity index (χ1n) is 7.12. The summed E-state index contributed by atoms with van der Waals surface area (Å²) in [4.78, 5) is 0. The Morgan fingerprint density at radius 3 is 2.35 bits per heavy atom. The van der Waals surface area contributed by atoms with Gasteiger partial charge in [-0.05, 0) is 49.9 Å². The SMILES string of the molecule is CCNC(C1=CCCCC1)c1ccc(C(F)(F)F)cc1. The molecule has 0 heterocycles.